The lowest BCUT2D eigenvalue weighted by atomic mass is 10.1. The van der Waals surface area contributed by atoms with Crippen molar-refractivity contribution in [3.05, 3.63) is 71.4 Å². The Morgan fingerprint density at radius 3 is 2.67 bits per heavy atom. The summed E-state index contributed by atoms with van der Waals surface area (Å²) >= 11 is 1.17. The minimum atomic E-state index is -0.483. The molecule has 0 saturated carbocycles. The molecule has 0 aliphatic carbocycles. The van der Waals surface area contributed by atoms with Crippen molar-refractivity contribution in [1.82, 2.24) is 15.1 Å². The van der Waals surface area contributed by atoms with E-state index in [4.69, 9.17) is 4.52 Å². The number of carbonyl (C=O) groups is 1. The number of nitrogens with one attached hydrogen (secondary N) is 1. The van der Waals surface area contributed by atoms with E-state index in [1.807, 2.05) is 0 Å². The van der Waals surface area contributed by atoms with Crippen LogP contribution >= 0.6 is 11.3 Å². The van der Waals surface area contributed by atoms with Crippen LogP contribution in [0.2, 0.25) is 0 Å². The molecule has 0 spiro atoms. The molecule has 1 aromatic carbocycles. The molecular weight excluding hydrogens is 374 g/mol. The van der Waals surface area contributed by atoms with Gasteiger partial charge < -0.3 is 4.52 Å². The molecule has 0 aliphatic rings. The second-order valence-electron chi connectivity index (χ2n) is 5.43. The summed E-state index contributed by atoms with van der Waals surface area (Å²) in [6.07, 6.45) is 2.62. The van der Waals surface area contributed by atoms with Crippen molar-refractivity contribution in [3.63, 3.8) is 0 Å². The first-order chi connectivity index (χ1) is 13.1. The summed E-state index contributed by atoms with van der Waals surface area (Å²) < 4.78 is 31.5. The summed E-state index contributed by atoms with van der Waals surface area (Å²) in [6, 6.07) is 8.00. The van der Waals surface area contributed by atoms with Gasteiger partial charge in [0.05, 0.1) is 11.9 Å². The summed E-state index contributed by atoms with van der Waals surface area (Å²) in [5.74, 6) is -1.09. The lowest BCUT2D eigenvalue weighted by Gasteiger charge is -2.02. The number of amides is 1. The summed E-state index contributed by atoms with van der Waals surface area (Å²) in [5, 5.41) is 8.26. The van der Waals surface area contributed by atoms with Gasteiger partial charge in [0.15, 0.2) is 10.9 Å². The molecule has 4 aromatic rings. The number of halogens is 2. The lowest BCUT2D eigenvalue weighted by molar-refractivity contribution is 0.102. The molecule has 3 aromatic heterocycles. The van der Waals surface area contributed by atoms with E-state index in [0.717, 1.165) is 0 Å². The molecule has 0 saturated heterocycles. The van der Waals surface area contributed by atoms with Gasteiger partial charge in [0.1, 0.15) is 22.9 Å². The van der Waals surface area contributed by atoms with Crippen molar-refractivity contribution >= 4 is 22.4 Å². The highest BCUT2D eigenvalue weighted by Gasteiger charge is 2.19. The Balaban J connectivity index is 1.56. The third-order valence-electron chi connectivity index (χ3n) is 3.63. The SMILES string of the molecule is O=C(Nc1nc(-c2cc(F)ccn2)cs1)c1cnoc1-c1ccc(F)cc1. The van der Waals surface area contributed by atoms with E-state index in [2.05, 4.69) is 20.4 Å². The predicted molar refractivity (Wildman–Crippen MR) is 95.2 cm³/mol. The molecule has 0 radical (unpaired) electrons. The van der Waals surface area contributed by atoms with E-state index in [9.17, 15) is 13.6 Å². The van der Waals surface area contributed by atoms with E-state index in [-0.39, 0.29) is 11.3 Å². The van der Waals surface area contributed by atoms with Gasteiger partial charge in [-0.05, 0) is 30.3 Å². The summed E-state index contributed by atoms with van der Waals surface area (Å²) in [7, 11) is 0. The Hall–Kier alpha value is -3.46. The second kappa shape index (κ2) is 7.04. The topological polar surface area (TPSA) is 80.9 Å². The normalized spacial score (nSPS) is 10.7. The average Bonchev–Trinajstić information content (AvgIpc) is 3.32. The second-order valence-corrected chi connectivity index (χ2v) is 6.28. The molecule has 0 fully saturated rings. The van der Waals surface area contributed by atoms with Crippen LogP contribution in [0.5, 0.6) is 0 Å². The molecule has 4 rings (SSSR count). The Labute approximate surface area is 155 Å². The largest absolute Gasteiger partial charge is 0.355 e. The molecule has 0 unspecified atom stereocenters. The first-order valence-electron chi connectivity index (χ1n) is 7.69. The summed E-state index contributed by atoms with van der Waals surface area (Å²) in [5.41, 5.74) is 1.51. The zero-order chi connectivity index (χ0) is 18.8. The third kappa shape index (κ3) is 3.58. The zero-order valence-electron chi connectivity index (χ0n) is 13.5. The first-order valence-corrected chi connectivity index (χ1v) is 8.57. The average molecular weight is 384 g/mol. The molecule has 0 aliphatic heterocycles. The number of thiazole rings is 1. The maximum Gasteiger partial charge on any atom is 0.263 e. The smallest absolute Gasteiger partial charge is 0.263 e. The van der Waals surface area contributed by atoms with E-state index < -0.39 is 17.5 Å². The van der Waals surface area contributed by atoms with Gasteiger partial charge in [-0.1, -0.05) is 5.16 Å². The molecular formula is C18H10F2N4O2S. The zero-order valence-corrected chi connectivity index (χ0v) is 14.3. The lowest BCUT2D eigenvalue weighted by Crippen LogP contribution is -2.11. The van der Waals surface area contributed by atoms with Crippen molar-refractivity contribution in [1.29, 1.82) is 0 Å². The molecule has 3 heterocycles. The number of anilines is 1. The van der Waals surface area contributed by atoms with Crippen LogP contribution in [0, 0.1) is 11.6 Å². The molecule has 27 heavy (non-hydrogen) atoms. The number of rotatable bonds is 4. The fourth-order valence-electron chi connectivity index (χ4n) is 2.37. The van der Waals surface area contributed by atoms with Crippen LogP contribution in [-0.2, 0) is 0 Å². The number of aromatic nitrogens is 3. The van der Waals surface area contributed by atoms with Crippen LogP contribution in [0.1, 0.15) is 10.4 Å². The van der Waals surface area contributed by atoms with E-state index in [0.29, 0.717) is 22.1 Å². The number of benzene rings is 1. The maximum absolute atomic E-state index is 13.3. The van der Waals surface area contributed by atoms with Crippen molar-refractivity contribution < 1.29 is 18.1 Å². The van der Waals surface area contributed by atoms with Crippen LogP contribution in [0.4, 0.5) is 13.9 Å². The highest BCUT2D eigenvalue weighted by atomic mass is 32.1. The molecule has 9 heteroatoms. The van der Waals surface area contributed by atoms with Crippen LogP contribution in [0.25, 0.3) is 22.7 Å². The monoisotopic (exact) mass is 384 g/mol. The van der Waals surface area contributed by atoms with Gasteiger partial charge in [0.25, 0.3) is 5.91 Å². The van der Waals surface area contributed by atoms with Gasteiger partial charge in [-0.25, -0.2) is 13.8 Å². The Bertz CT molecular complexity index is 1110. The molecule has 1 amide bonds. The maximum atomic E-state index is 13.3. The third-order valence-corrected chi connectivity index (χ3v) is 4.39. The highest BCUT2D eigenvalue weighted by molar-refractivity contribution is 7.14. The van der Waals surface area contributed by atoms with Crippen LogP contribution < -0.4 is 5.32 Å². The number of hydrogen-bond acceptors (Lipinski definition) is 6. The number of carbonyl (C=O) groups excluding carboxylic acids is 1. The minimum absolute atomic E-state index is 0.183. The fourth-order valence-corrected chi connectivity index (χ4v) is 3.07. The van der Waals surface area contributed by atoms with Crippen molar-refractivity contribution in [2.45, 2.75) is 0 Å². The Morgan fingerprint density at radius 1 is 1.07 bits per heavy atom. The summed E-state index contributed by atoms with van der Waals surface area (Å²) in [6.45, 7) is 0. The number of hydrogen-bond donors (Lipinski definition) is 1. The summed E-state index contributed by atoms with van der Waals surface area (Å²) in [4.78, 5) is 20.8. The predicted octanol–water partition coefficient (Wildman–Crippen LogP) is 4.39. The van der Waals surface area contributed by atoms with Crippen LogP contribution in [-0.4, -0.2) is 21.0 Å². The molecule has 134 valence electrons. The number of nitrogens with zero attached hydrogens (tertiary/aromatic N) is 3. The molecule has 0 bridgehead atoms. The molecule has 0 atom stereocenters. The van der Waals surface area contributed by atoms with Gasteiger partial charge in [-0.2, -0.15) is 0 Å². The van der Waals surface area contributed by atoms with Crippen molar-refractivity contribution in [2.24, 2.45) is 0 Å². The van der Waals surface area contributed by atoms with E-state index in [1.165, 1.54) is 60.1 Å². The van der Waals surface area contributed by atoms with Gasteiger partial charge in [-0.3, -0.25) is 15.1 Å². The highest BCUT2D eigenvalue weighted by Crippen LogP contribution is 2.27. The van der Waals surface area contributed by atoms with Crippen LogP contribution in [0.3, 0.4) is 0 Å². The first kappa shape index (κ1) is 17.0. The van der Waals surface area contributed by atoms with Gasteiger partial charge in [0, 0.05) is 23.2 Å². The number of pyridine rings is 1. The van der Waals surface area contributed by atoms with Gasteiger partial charge in [-0.15, -0.1) is 11.3 Å². The quantitative estimate of drug-likeness (QED) is 0.564. The van der Waals surface area contributed by atoms with Crippen LogP contribution in [0.15, 0.2) is 58.7 Å². The minimum Gasteiger partial charge on any atom is -0.355 e. The fraction of sp³-hybridized carbons (Fsp3) is 0. The van der Waals surface area contributed by atoms with Crippen molar-refractivity contribution in [2.75, 3.05) is 5.32 Å². The molecule has 6 nitrogen and oxygen atoms in total. The van der Waals surface area contributed by atoms with E-state index >= 15 is 0 Å². The standard InChI is InChI=1S/C18H10F2N4O2S/c19-11-3-1-10(2-4-11)16-13(8-22-26-16)17(25)24-18-23-15(9-27-18)14-7-12(20)5-6-21-14/h1-9H,(H,23,24,25). The Morgan fingerprint density at radius 2 is 1.89 bits per heavy atom. The van der Waals surface area contributed by atoms with Gasteiger partial charge in [0.2, 0.25) is 0 Å². The van der Waals surface area contributed by atoms with E-state index in [1.54, 1.807) is 5.38 Å². The van der Waals surface area contributed by atoms with Gasteiger partial charge >= 0.3 is 0 Å². The molecule has 1 N–H and O–H groups in total. The Kier molecular flexibility index (Phi) is 4.43. The van der Waals surface area contributed by atoms with Crippen molar-refractivity contribution in [3.8, 4) is 22.7 Å².